The summed E-state index contributed by atoms with van der Waals surface area (Å²) in [6, 6.07) is 5.56. The van der Waals surface area contributed by atoms with Gasteiger partial charge in [0.25, 0.3) is 11.6 Å². The predicted octanol–water partition coefficient (Wildman–Crippen LogP) is 2.19. The molecule has 1 atom stereocenters. The van der Waals surface area contributed by atoms with Crippen molar-refractivity contribution in [3.63, 3.8) is 0 Å². The van der Waals surface area contributed by atoms with Crippen molar-refractivity contribution in [1.29, 1.82) is 0 Å². The average molecular weight is 512 g/mol. The third kappa shape index (κ3) is 6.73. The number of carbonyl (C=O) groups excluding carboxylic acids is 3. The maximum Gasteiger partial charge on any atom is 0.342 e. The van der Waals surface area contributed by atoms with Gasteiger partial charge >= 0.3 is 5.97 Å². The van der Waals surface area contributed by atoms with E-state index in [0.717, 1.165) is 0 Å². The number of amides is 2. The van der Waals surface area contributed by atoms with Gasteiger partial charge in [0.05, 0.1) is 17.2 Å². The molecule has 12 heteroatoms. The molecule has 3 rings (SSSR count). The van der Waals surface area contributed by atoms with Crippen molar-refractivity contribution < 1.29 is 28.8 Å². The molecule has 0 aliphatic carbocycles. The lowest BCUT2D eigenvalue weighted by atomic mass is 10.1. The number of non-ortho nitro benzene ring substituents is 1. The van der Waals surface area contributed by atoms with Gasteiger partial charge in [0.2, 0.25) is 5.91 Å². The molecule has 0 radical (unpaired) electrons. The van der Waals surface area contributed by atoms with Gasteiger partial charge in [-0.1, -0.05) is 0 Å². The Bertz CT molecular complexity index is 1210. The van der Waals surface area contributed by atoms with Crippen LogP contribution in [0.25, 0.3) is 6.08 Å². The number of carbonyl (C=O) groups is 3. The number of hydrogen-bond acceptors (Lipinski definition) is 9. The summed E-state index contributed by atoms with van der Waals surface area (Å²) in [6.45, 7) is 6.11. The highest BCUT2D eigenvalue weighted by atomic mass is 16.6. The SMILES string of the molecule is COCCOC(=O)c1c(C)nc(C)nc1C(=O)N1CCN(C(=O)C=Cc2ccc([N+](=O)[O-])cc2)C(C)C1. The third-order valence-corrected chi connectivity index (χ3v) is 5.85. The van der Waals surface area contributed by atoms with Gasteiger partial charge in [-0.05, 0) is 44.5 Å². The normalized spacial score (nSPS) is 15.6. The zero-order chi connectivity index (χ0) is 27.1. The van der Waals surface area contributed by atoms with Crippen LogP contribution in [-0.2, 0) is 14.3 Å². The quantitative estimate of drug-likeness (QED) is 0.171. The molecule has 0 spiro atoms. The van der Waals surface area contributed by atoms with Gasteiger partial charge < -0.3 is 19.3 Å². The monoisotopic (exact) mass is 511 g/mol. The Hall–Kier alpha value is -4.19. The van der Waals surface area contributed by atoms with E-state index in [0.29, 0.717) is 17.1 Å². The Morgan fingerprint density at radius 1 is 1.14 bits per heavy atom. The summed E-state index contributed by atoms with van der Waals surface area (Å²) < 4.78 is 10.1. The first kappa shape index (κ1) is 27.4. The summed E-state index contributed by atoms with van der Waals surface area (Å²) >= 11 is 0. The minimum absolute atomic E-state index is 0.0175. The van der Waals surface area contributed by atoms with Crippen LogP contribution in [0.2, 0.25) is 0 Å². The van der Waals surface area contributed by atoms with Crippen LogP contribution in [-0.4, -0.2) is 88.5 Å². The summed E-state index contributed by atoms with van der Waals surface area (Å²) in [7, 11) is 1.49. The summed E-state index contributed by atoms with van der Waals surface area (Å²) in [6.07, 6.45) is 2.99. The molecule has 37 heavy (non-hydrogen) atoms. The second-order valence-corrected chi connectivity index (χ2v) is 8.52. The lowest BCUT2D eigenvalue weighted by Gasteiger charge is -2.39. The van der Waals surface area contributed by atoms with Crippen molar-refractivity contribution in [2.75, 3.05) is 40.0 Å². The number of esters is 1. The lowest BCUT2D eigenvalue weighted by molar-refractivity contribution is -0.384. The molecule has 1 saturated heterocycles. The number of aryl methyl sites for hydroxylation is 2. The Morgan fingerprint density at radius 2 is 1.84 bits per heavy atom. The third-order valence-electron chi connectivity index (χ3n) is 5.85. The van der Waals surface area contributed by atoms with Gasteiger partial charge in [-0.2, -0.15) is 0 Å². The molecular formula is C25H29N5O7. The zero-order valence-electron chi connectivity index (χ0n) is 21.2. The molecule has 1 aliphatic heterocycles. The van der Waals surface area contributed by atoms with Crippen molar-refractivity contribution in [3.8, 4) is 0 Å². The fourth-order valence-corrected chi connectivity index (χ4v) is 3.99. The second-order valence-electron chi connectivity index (χ2n) is 8.52. The smallest absolute Gasteiger partial charge is 0.342 e. The molecule has 2 aromatic rings. The topological polar surface area (TPSA) is 145 Å². The van der Waals surface area contributed by atoms with E-state index >= 15 is 0 Å². The summed E-state index contributed by atoms with van der Waals surface area (Å²) in [4.78, 5) is 60.8. The van der Waals surface area contributed by atoms with E-state index in [1.54, 1.807) is 41.9 Å². The summed E-state index contributed by atoms with van der Waals surface area (Å²) in [5.74, 6) is -1.02. The minimum Gasteiger partial charge on any atom is -0.460 e. The first-order valence-corrected chi connectivity index (χ1v) is 11.7. The van der Waals surface area contributed by atoms with Crippen LogP contribution in [0.4, 0.5) is 5.69 Å². The maximum absolute atomic E-state index is 13.4. The van der Waals surface area contributed by atoms with Crippen LogP contribution in [0.1, 0.15) is 44.9 Å². The molecule has 0 bridgehead atoms. The Kier molecular flexibility index (Phi) is 9.01. The van der Waals surface area contributed by atoms with E-state index in [9.17, 15) is 24.5 Å². The van der Waals surface area contributed by atoms with Crippen LogP contribution in [0, 0.1) is 24.0 Å². The van der Waals surface area contributed by atoms with Gasteiger partial charge in [-0.25, -0.2) is 14.8 Å². The van der Waals surface area contributed by atoms with Crippen molar-refractivity contribution in [2.24, 2.45) is 0 Å². The number of piperazine rings is 1. The van der Waals surface area contributed by atoms with Crippen LogP contribution >= 0.6 is 0 Å². The van der Waals surface area contributed by atoms with Crippen LogP contribution in [0.15, 0.2) is 30.3 Å². The number of nitro groups is 1. The number of rotatable bonds is 8. The van der Waals surface area contributed by atoms with Crippen molar-refractivity contribution >= 4 is 29.5 Å². The highest BCUT2D eigenvalue weighted by Gasteiger charge is 2.33. The molecule has 1 fully saturated rings. The van der Waals surface area contributed by atoms with E-state index in [1.165, 1.54) is 25.3 Å². The molecule has 2 amide bonds. The molecule has 12 nitrogen and oxygen atoms in total. The maximum atomic E-state index is 13.4. The predicted molar refractivity (Wildman–Crippen MR) is 133 cm³/mol. The van der Waals surface area contributed by atoms with Crippen molar-refractivity contribution in [2.45, 2.75) is 26.8 Å². The van der Waals surface area contributed by atoms with Gasteiger partial charge in [-0.15, -0.1) is 0 Å². The number of nitrogens with zero attached hydrogens (tertiary/aromatic N) is 5. The fraction of sp³-hybridized carbons (Fsp3) is 0.400. The molecule has 0 N–H and O–H groups in total. The van der Waals surface area contributed by atoms with Crippen molar-refractivity contribution in [1.82, 2.24) is 19.8 Å². The minimum atomic E-state index is -0.698. The highest BCUT2D eigenvalue weighted by molar-refractivity contribution is 6.04. The highest BCUT2D eigenvalue weighted by Crippen LogP contribution is 2.19. The second kappa shape index (κ2) is 12.2. The molecule has 2 heterocycles. The largest absolute Gasteiger partial charge is 0.460 e. The standard InChI is InChI=1S/C25H29N5O7/c1-16-15-28(11-12-29(16)21(31)10-7-19-5-8-20(9-6-19)30(34)35)24(32)23-22(17(2)26-18(3)27-23)25(33)37-14-13-36-4/h5-10,16H,11-15H2,1-4H3. The number of methoxy groups -OCH3 is 1. The molecule has 1 aliphatic rings. The van der Waals surface area contributed by atoms with Gasteiger partial charge in [0.15, 0.2) is 0 Å². The van der Waals surface area contributed by atoms with Crippen LogP contribution < -0.4 is 0 Å². The molecule has 0 saturated carbocycles. The number of benzene rings is 1. The van der Waals surface area contributed by atoms with Gasteiger partial charge in [0, 0.05) is 51.0 Å². The lowest BCUT2D eigenvalue weighted by Crippen LogP contribution is -2.55. The molecular weight excluding hydrogens is 482 g/mol. The molecule has 1 unspecified atom stereocenters. The Morgan fingerprint density at radius 3 is 2.46 bits per heavy atom. The van der Waals surface area contributed by atoms with E-state index in [2.05, 4.69) is 9.97 Å². The molecule has 1 aromatic carbocycles. The number of hydrogen-bond donors (Lipinski definition) is 0. The fourth-order valence-electron chi connectivity index (χ4n) is 3.99. The van der Waals surface area contributed by atoms with Crippen LogP contribution in [0.5, 0.6) is 0 Å². The number of nitro benzene ring substituents is 1. The van der Waals surface area contributed by atoms with Gasteiger partial charge in [-0.3, -0.25) is 19.7 Å². The first-order chi connectivity index (χ1) is 17.6. The Labute approximate surface area is 214 Å². The molecule has 196 valence electrons. The van der Waals surface area contributed by atoms with Crippen LogP contribution in [0.3, 0.4) is 0 Å². The van der Waals surface area contributed by atoms with E-state index in [-0.39, 0.29) is 61.7 Å². The number of aromatic nitrogens is 2. The van der Waals surface area contributed by atoms with Gasteiger partial charge in [0.1, 0.15) is 23.7 Å². The summed E-state index contributed by atoms with van der Waals surface area (Å²) in [5, 5.41) is 10.8. The number of ether oxygens (including phenoxy) is 2. The van der Waals surface area contributed by atoms with E-state index in [1.807, 2.05) is 6.92 Å². The average Bonchev–Trinajstić information content (AvgIpc) is 2.86. The van der Waals surface area contributed by atoms with E-state index in [4.69, 9.17) is 9.47 Å². The van der Waals surface area contributed by atoms with E-state index < -0.39 is 16.8 Å². The van der Waals surface area contributed by atoms with Crippen molar-refractivity contribution in [3.05, 3.63) is 68.8 Å². The molecule has 1 aromatic heterocycles. The summed E-state index contributed by atoms with van der Waals surface area (Å²) in [5.41, 5.74) is 0.955. The first-order valence-electron chi connectivity index (χ1n) is 11.7. The zero-order valence-corrected chi connectivity index (χ0v) is 21.2. The Balaban J connectivity index is 1.70.